The Kier molecular flexibility index (Phi) is 3.20. The van der Waals surface area contributed by atoms with E-state index in [1.165, 1.54) is 0 Å². The molecule has 0 bridgehead atoms. The Bertz CT molecular complexity index is 149. The van der Waals surface area contributed by atoms with E-state index in [0.29, 0.717) is 0 Å². The van der Waals surface area contributed by atoms with Crippen LogP contribution in [0.5, 0.6) is 0 Å². The predicted molar refractivity (Wildman–Crippen MR) is 43.7 cm³/mol. The van der Waals surface area contributed by atoms with Gasteiger partial charge in [0.2, 0.25) is 0 Å². The maximum absolute atomic E-state index is 10.3. The summed E-state index contributed by atoms with van der Waals surface area (Å²) < 4.78 is 0. The normalized spacial score (nSPS) is 31.7. The molecule has 1 fully saturated rings. The number of carbonyl (C=O) groups is 1. The lowest BCUT2D eigenvalue weighted by atomic mass is 9.98. The molecule has 1 rings (SSSR count). The van der Waals surface area contributed by atoms with E-state index in [1.807, 2.05) is 0 Å². The van der Waals surface area contributed by atoms with Crippen molar-refractivity contribution in [1.29, 1.82) is 0 Å². The second kappa shape index (κ2) is 3.97. The number of thioether (sulfide) groups is 1. The largest absolute Gasteiger partial charge is 0.481 e. The number of rotatable bonds is 2. The molecule has 0 aliphatic carbocycles. The lowest BCUT2D eigenvalue weighted by molar-refractivity contribution is -0.138. The minimum absolute atomic E-state index is 0.0359. The minimum atomic E-state index is -0.809. The van der Waals surface area contributed by atoms with Crippen molar-refractivity contribution in [2.75, 3.05) is 11.5 Å². The third-order valence-electron chi connectivity index (χ3n) is 1.87. The van der Waals surface area contributed by atoms with Crippen molar-refractivity contribution in [2.24, 2.45) is 5.92 Å². The molecule has 3 nitrogen and oxygen atoms in total. The Morgan fingerprint density at radius 3 is 2.91 bits per heavy atom. The van der Waals surface area contributed by atoms with Gasteiger partial charge in [-0.3, -0.25) is 4.79 Å². The molecule has 64 valence electrons. The summed E-state index contributed by atoms with van der Waals surface area (Å²) in [5.74, 6) is 0.896. The van der Waals surface area contributed by atoms with Crippen LogP contribution >= 0.6 is 11.8 Å². The fourth-order valence-electron chi connectivity index (χ4n) is 1.20. The number of aliphatic carboxylic acids is 1. The van der Waals surface area contributed by atoms with Gasteiger partial charge in [0, 0.05) is 5.92 Å². The van der Waals surface area contributed by atoms with Gasteiger partial charge in [0.1, 0.15) is 0 Å². The highest BCUT2D eigenvalue weighted by atomic mass is 32.2. The average Bonchev–Trinajstić information content (AvgIpc) is 1.93. The van der Waals surface area contributed by atoms with Gasteiger partial charge >= 0.3 is 5.97 Å². The maximum atomic E-state index is 10.3. The van der Waals surface area contributed by atoms with Gasteiger partial charge in [-0.25, -0.2) is 0 Å². The molecule has 0 radical (unpaired) electrons. The molecule has 1 heterocycles. The SMILES string of the molecule is O=C(O)C[C@H]1CSCC[C@@H]1O. The van der Waals surface area contributed by atoms with Crippen LogP contribution in [-0.4, -0.2) is 33.8 Å². The highest BCUT2D eigenvalue weighted by Crippen LogP contribution is 2.25. The number of carboxylic acid groups (broad SMARTS) is 1. The van der Waals surface area contributed by atoms with E-state index in [2.05, 4.69) is 0 Å². The molecule has 0 spiro atoms. The molecule has 0 unspecified atom stereocenters. The van der Waals surface area contributed by atoms with E-state index < -0.39 is 12.1 Å². The number of aliphatic hydroxyl groups excluding tert-OH is 1. The molecular formula is C7H12O3S. The summed E-state index contributed by atoms with van der Waals surface area (Å²) in [6.07, 6.45) is 0.448. The summed E-state index contributed by atoms with van der Waals surface area (Å²) in [4.78, 5) is 10.3. The van der Waals surface area contributed by atoms with E-state index >= 15 is 0 Å². The molecule has 2 atom stereocenters. The van der Waals surface area contributed by atoms with Gasteiger partial charge in [0.05, 0.1) is 12.5 Å². The topological polar surface area (TPSA) is 57.5 Å². The van der Waals surface area contributed by atoms with Crippen LogP contribution in [0.15, 0.2) is 0 Å². The van der Waals surface area contributed by atoms with E-state index in [9.17, 15) is 9.90 Å². The first-order valence-electron chi connectivity index (χ1n) is 3.67. The molecule has 2 N–H and O–H groups in total. The standard InChI is InChI=1S/C7H12O3S/c8-6-1-2-11-4-5(6)3-7(9)10/h5-6,8H,1-4H2,(H,9,10)/t5-,6-/m0/s1. The van der Waals surface area contributed by atoms with Crippen LogP contribution in [-0.2, 0) is 4.79 Å². The Labute approximate surface area is 69.8 Å². The minimum Gasteiger partial charge on any atom is -0.481 e. The van der Waals surface area contributed by atoms with Crippen LogP contribution in [0.1, 0.15) is 12.8 Å². The summed E-state index contributed by atoms with van der Waals surface area (Å²) >= 11 is 1.73. The summed E-state index contributed by atoms with van der Waals surface area (Å²) in [5.41, 5.74) is 0. The third kappa shape index (κ3) is 2.71. The molecule has 0 aromatic heterocycles. The number of carboxylic acids is 1. The molecule has 4 heteroatoms. The predicted octanol–water partition coefficient (Wildman–Crippen LogP) is 0.575. The number of hydrogen-bond acceptors (Lipinski definition) is 3. The van der Waals surface area contributed by atoms with Gasteiger partial charge in [-0.2, -0.15) is 11.8 Å². The summed E-state index contributed by atoms with van der Waals surface area (Å²) in [6.45, 7) is 0. The lowest BCUT2D eigenvalue weighted by Gasteiger charge is -2.25. The van der Waals surface area contributed by atoms with Gasteiger partial charge in [0.15, 0.2) is 0 Å². The molecule has 1 aliphatic rings. The van der Waals surface area contributed by atoms with Gasteiger partial charge < -0.3 is 10.2 Å². The van der Waals surface area contributed by atoms with Crippen LogP contribution < -0.4 is 0 Å². The zero-order chi connectivity index (χ0) is 8.27. The summed E-state index contributed by atoms with van der Waals surface area (Å²) in [6, 6.07) is 0. The molecule has 0 saturated carbocycles. The number of hydrogen-bond donors (Lipinski definition) is 2. The summed E-state index contributed by atoms with van der Waals surface area (Å²) in [5, 5.41) is 17.8. The Morgan fingerprint density at radius 1 is 1.64 bits per heavy atom. The third-order valence-corrected chi connectivity index (χ3v) is 3.06. The molecule has 1 aliphatic heterocycles. The lowest BCUT2D eigenvalue weighted by Crippen LogP contribution is -2.29. The van der Waals surface area contributed by atoms with Crippen molar-refractivity contribution < 1.29 is 15.0 Å². The van der Waals surface area contributed by atoms with E-state index in [4.69, 9.17) is 5.11 Å². The Hall–Kier alpha value is -0.220. The first-order chi connectivity index (χ1) is 5.20. The molecule has 0 amide bonds. The fourth-order valence-corrected chi connectivity index (χ4v) is 2.42. The second-order valence-electron chi connectivity index (χ2n) is 2.79. The van der Waals surface area contributed by atoms with Crippen molar-refractivity contribution in [3.8, 4) is 0 Å². The van der Waals surface area contributed by atoms with Crippen LogP contribution in [0, 0.1) is 5.92 Å². The quantitative estimate of drug-likeness (QED) is 0.646. The molecule has 1 saturated heterocycles. The van der Waals surface area contributed by atoms with Crippen molar-refractivity contribution >= 4 is 17.7 Å². The van der Waals surface area contributed by atoms with Gasteiger partial charge in [-0.1, -0.05) is 0 Å². The van der Waals surface area contributed by atoms with Gasteiger partial charge in [-0.05, 0) is 17.9 Å². The van der Waals surface area contributed by atoms with Crippen LogP contribution in [0.2, 0.25) is 0 Å². The smallest absolute Gasteiger partial charge is 0.303 e. The van der Waals surface area contributed by atoms with Crippen molar-refractivity contribution in [3.63, 3.8) is 0 Å². The molecule has 11 heavy (non-hydrogen) atoms. The maximum Gasteiger partial charge on any atom is 0.303 e. The van der Waals surface area contributed by atoms with E-state index in [-0.39, 0.29) is 12.3 Å². The highest BCUT2D eigenvalue weighted by Gasteiger charge is 2.25. The Morgan fingerprint density at radius 2 is 2.36 bits per heavy atom. The van der Waals surface area contributed by atoms with Crippen LogP contribution in [0.25, 0.3) is 0 Å². The van der Waals surface area contributed by atoms with Crippen LogP contribution in [0.3, 0.4) is 0 Å². The van der Waals surface area contributed by atoms with Gasteiger partial charge in [0.25, 0.3) is 0 Å². The molecule has 0 aromatic carbocycles. The second-order valence-corrected chi connectivity index (χ2v) is 3.94. The highest BCUT2D eigenvalue weighted by molar-refractivity contribution is 7.99. The zero-order valence-corrected chi connectivity index (χ0v) is 7.01. The van der Waals surface area contributed by atoms with Gasteiger partial charge in [-0.15, -0.1) is 0 Å². The zero-order valence-electron chi connectivity index (χ0n) is 6.19. The molecule has 0 aromatic rings. The first-order valence-corrected chi connectivity index (χ1v) is 4.83. The van der Waals surface area contributed by atoms with E-state index in [1.54, 1.807) is 11.8 Å². The van der Waals surface area contributed by atoms with Crippen LogP contribution in [0.4, 0.5) is 0 Å². The van der Waals surface area contributed by atoms with Crippen molar-refractivity contribution in [3.05, 3.63) is 0 Å². The first kappa shape index (κ1) is 8.87. The molecular weight excluding hydrogens is 164 g/mol. The van der Waals surface area contributed by atoms with Crippen molar-refractivity contribution in [1.82, 2.24) is 0 Å². The van der Waals surface area contributed by atoms with E-state index in [0.717, 1.165) is 17.9 Å². The number of aliphatic hydroxyl groups is 1. The fraction of sp³-hybridized carbons (Fsp3) is 0.857. The average molecular weight is 176 g/mol. The monoisotopic (exact) mass is 176 g/mol. The van der Waals surface area contributed by atoms with Crippen molar-refractivity contribution in [2.45, 2.75) is 18.9 Å². The summed E-state index contributed by atoms with van der Waals surface area (Å²) in [7, 11) is 0. The Balaban J connectivity index is 2.35.